The topological polar surface area (TPSA) is 64.7 Å². The van der Waals surface area contributed by atoms with Gasteiger partial charge in [-0.3, -0.25) is 0 Å². The normalized spacial score (nSPS) is 10.7. The van der Waals surface area contributed by atoms with Gasteiger partial charge in [0.25, 0.3) is 0 Å². The van der Waals surface area contributed by atoms with Gasteiger partial charge in [0.05, 0.1) is 37.0 Å². The summed E-state index contributed by atoms with van der Waals surface area (Å²) in [7, 11) is 3.11. The van der Waals surface area contributed by atoms with Crippen molar-refractivity contribution in [2.45, 2.75) is 6.61 Å². The molecule has 124 valence electrons. The Morgan fingerprint density at radius 2 is 1.79 bits per heavy atom. The molecule has 0 unspecified atom stereocenters. The molecule has 0 aliphatic rings. The van der Waals surface area contributed by atoms with Crippen LogP contribution >= 0.6 is 11.6 Å². The molecule has 0 atom stereocenters. The largest absolute Gasteiger partial charge is 0.493 e. The number of hydrogen-bond acceptors (Lipinski definition) is 5. The second-order valence-corrected chi connectivity index (χ2v) is 5.43. The van der Waals surface area contributed by atoms with Crippen molar-refractivity contribution >= 4 is 11.6 Å². The molecule has 0 fully saturated rings. The van der Waals surface area contributed by atoms with Crippen LogP contribution in [0.3, 0.4) is 0 Å². The lowest BCUT2D eigenvalue weighted by atomic mass is 10.0. The number of aliphatic hydroxyl groups is 1. The van der Waals surface area contributed by atoms with Gasteiger partial charge in [-0.2, -0.15) is 0 Å². The summed E-state index contributed by atoms with van der Waals surface area (Å²) in [4.78, 5) is 0. The standard InChI is InChI=1S/C18H16ClNO4/c1-22-15-9-5-7-12(18(15)23-2)16-13(10-21)17(24-20-16)11-6-3-4-8-14(11)19/h3-9,21H,10H2,1-2H3. The lowest BCUT2D eigenvalue weighted by molar-refractivity contribution is 0.281. The van der Waals surface area contributed by atoms with E-state index >= 15 is 0 Å². The second-order valence-electron chi connectivity index (χ2n) is 5.02. The van der Waals surface area contributed by atoms with Gasteiger partial charge in [0.15, 0.2) is 17.3 Å². The highest BCUT2D eigenvalue weighted by Gasteiger charge is 2.23. The van der Waals surface area contributed by atoms with E-state index in [0.717, 1.165) is 0 Å². The molecular formula is C18H16ClNO4. The minimum Gasteiger partial charge on any atom is -0.493 e. The van der Waals surface area contributed by atoms with E-state index in [4.69, 9.17) is 25.6 Å². The van der Waals surface area contributed by atoms with Gasteiger partial charge < -0.3 is 19.1 Å². The molecular weight excluding hydrogens is 330 g/mol. The fourth-order valence-electron chi connectivity index (χ4n) is 2.60. The highest BCUT2D eigenvalue weighted by Crippen LogP contribution is 2.42. The van der Waals surface area contributed by atoms with Crippen LogP contribution in [0.5, 0.6) is 11.5 Å². The van der Waals surface area contributed by atoms with Gasteiger partial charge in [-0.25, -0.2) is 0 Å². The molecule has 5 nitrogen and oxygen atoms in total. The molecule has 1 heterocycles. The number of methoxy groups -OCH3 is 2. The molecule has 0 aliphatic carbocycles. The van der Waals surface area contributed by atoms with Crippen molar-refractivity contribution in [1.82, 2.24) is 5.16 Å². The van der Waals surface area contributed by atoms with E-state index in [-0.39, 0.29) is 6.61 Å². The number of rotatable bonds is 5. The van der Waals surface area contributed by atoms with E-state index in [1.165, 1.54) is 0 Å². The predicted octanol–water partition coefficient (Wildman–Crippen LogP) is 4.17. The molecule has 0 radical (unpaired) electrons. The predicted molar refractivity (Wildman–Crippen MR) is 91.4 cm³/mol. The van der Waals surface area contributed by atoms with Crippen molar-refractivity contribution in [2.75, 3.05) is 14.2 Å². The van der Waals surface area contributed by atoms with Crippen molar-refractivity contribution < 1.29 is 19.1 Å². The number of halogens is 1. The Balaban J connectivity index is 2.20. The van der Waals surface area contributed by atoms with Gasteiger partial charge >= 0.3 is 0 Å². The van der Waals surface area contributed by atoms with Gasteiger partial charge in [-0.05, 0) is 24.3 Å². The first-order valence-corrected chi connectivity index (χ1v) is 7.64. The number of aliphatic hydroxyl groups excluding tert-OH is 1. The van der Waals surface area contributed by atoms with Gasteiger partial charge in [0, 0.05) is 5.56 Å². The average molecular weight is 346 g/mol. The van der Waals surface area contributed by atoms with Crippen molar-refractivity contribution in [3.05, 3.63) is 53.1 Å². The van der Waals surface area contributed by atoms with E-state index in [1.807, 2.05) is 30.3 Å². The molecule has 6 heteroatoms. The Morgan fingerprint density at radius 3 is 2.46 bits per heavy atom. The second kappa shape index (κ2) is 6.95. The summed E-state index contributed by atoms with van der Waals surface area (Å²) in [6, 6.07) is 12.7. The third-order valence-corrected chi connectivity index (χ3v) is 4.05. The van der Waals surface area contributed by atoms with Gasteiger partial charge in [0.2, 0.25) is 0 Å². The van der Waals surface area contributed by atoms with Crippen molar-refractivity contribution in [2.24, 2.45) is 0 Å². The van der Waals surface area contributed by atoms with Crippen molar-refractivity contribution in [1.29, 1.82) is 0 Å². The molecule has 0 spiro atoms. The van der Waals surface area contributed by atoms with E-state index < -0.39 is 0 Å². The molecule has 1 N–H and O–H groups in total. The number of benzene rings is 2. The van der Waals surface area contributed by atoms with Crippen LogP contribution in [0.25, 0.3) is 22.6 Å². The van der Waals surface area contributed by atoms with Crippen LogP contribution in [0, 0.1) is 0 Å². The lowest BCUT2D eigenvalue weighted by Gasteiger charge is -2.11. The zero-order valence-electron chi connectivity index (χ0n) is 13.2. The summed E-state index contributed by atoms with van der Waals surface area (Å²) in [5.41, 5.74) is 2.37. The summed E-state index contributed by atoms with van der Waals surface area (Å²) >= 11 is 6.24. The highest BCUT2D eigenvalue weighted by molar-refractivity contribution is 6.33. The van der Waals surface area contributed by atoms with E-state index in [9.17, 15) is 5.11 Å². The minimum atomic E-state index is -0.250. The molecule has 0 aliphatic heterocycles. The summed E-state index contributed by atoms with van der Waals surface area (Å²) < 4.78 is 16.3. The summed E-state index contributed by atoms with van der Waals surface area (Å²) in [6.45, 7) is -0.250. The molecule has 0 saturated carbocycles. The smallest absolute Gasteiger partial charge is 0.174 e. The molecule has 3 aromatic rings. The van der Waals surface area contributed by atoms with Crippen LogP contribution in [0.4, 0.5) is 0 Å². The molecule has 0 amide bonds. The monoisotopic (exact) mass is 345 g/mol. The van der Waals surface area contributed by atoms with E-state index in [1.54, 1.807) is 26.4 Å². The Bertz CT molecular complexity index is 860. The van der Waals surface area contributed by atoms with E-state index in [0.29, 0.717) is 44.7 Å². The third-order valence-electron chi connectivity index (χ3n) is 3.72. The fourth-order valence-corrected chi connectivity index (χ4v) is 2.82. The van der Waals surface area contributed by atoms with Crippen LogP contribution in [0.15, 0.2) is 47.0 Å². The third kappa shape index (κ3) is 2.72. The van der Waals surface area contributed by atoms with Gasteiger partial charge in [-0.15, -0.1) is 0 Å². The average Bonchev–Trinajstić information content (AvgIpc) is 3.04. The Labute approximate surface area is 144 Å². The Kier molecular flexibility index (Phi) is 4.74. The quantitative estimate of drug-likeness (QED) is 0.751. The van der Waals surface area contributed by atoms with Gasteiger partial charge in [0.1, 0.15) is 5.69 Å². The summed E-state index contributed by atoms with van der Waals surface area (Å²) in [6.07, 6.45) is 0. The van der Waals surface area contributed by atoms with E-state index in [2.05, 4.69) is 5.16 Å². The van der Waals surface area contributed by atoms with Crippen LogP contribution in [-0.2, 0) is 6.61 Å². The highest BCUT2D eigenvalue weighted by atomic mass is 35.5. The fraction of sp³-hybridized carbons (Fsp3) is 0.167. The zero-order valence-corrected chi connectivity index (χ0v) is 14.0. The maximum Gasteiger partial charge on any atom is 0.174 e. The van der Waals surface area contributed by atoms with Crippen LogP contribution in [0.1, 0.15) is 5.56 Å². The number of nitrogens with zero attached hydrogens (tertiary/aromatic N) is 1. The Morgan fingerprint density at radius 1 is 1.04 bits per heavy atom. The molecule has 24 heavy (non-hydrogen) atoms. The first kappa shape index (κ1) is 16.4. The Hall–Kier alpha value is -2.50. The molecule has 0 saturated heterocycles. The maximum atomic E-state index is 9.88. The first-order chi connectivity index (χ1) is 11.7. The summed E-state index contributed by atoms with van der Waals surface area (Å²) in [5, 5.41) is 14.5. The zero-order chi connectivity index (χ0) is 17.1. The van der Waals surface area contributed by atoms with Gasteiger partial charge in [-0.1, -0.05) is 35.0 Å². The van der Waals surface area contributed by atoms with Crippen LogP contribution in [-0.4, -0.2) is 24.5 Å². The molecule has 2 aromatic carbocycles. The molecule has 1 aromatic heterocycles. The molecule has 0 bridgehead atoms. The maximum absolute atomic E-state index is 9.88. The minimum absolute atomic E-state index is 0.250. The lowest BCUT2D eigenvalue weighted by Crippen LogP contribution is -1.95. The van der Waals surface area contributed by atoms with Crippen LogP contribution < -0.4 is 9.47 Å². The van der Waals surface area contributed by atoms with Crippen molar-refractivity contribution in [3.8, 4) is 34.1 Å². The number of para-hydroxylation sites is 1. The first-order valence-electron chi connectivity index (χ1n) is 7.27. The number of ether oxygens (including phenoxy) is 2. The summed E-state index contributed by atoms with van der Waals surface area (Å²) in [5.74, 6) is 1.53. The van der Waals surface area contributed by atoms with Crippen LogP contribution in [0.2, 0.25) is 5.02 Å². The van der Waals surface area contributed by atoms with Crippen molar-refractivity contribution in [3.63, 3.8) is 0 Å². The SMILES string of the molecule is COc1cccc(-c2noc(-c3ccccc3Cl)c2CO)c1OC. The number of hydrogen-bond donors (Lipinski definition) is 1. The molecule has 3 rings (SSSR count). The number of aromatic nitrogens is 1.